The summed E-state index contributed by atoms with van der Waals surface area (Å²) in [6, 6.07) is 11.4. The second-order valence-corrected chi connectivity index (χ2v) is 7.73. The highest BCUT2D eigenvalue weighted by Crippen LogP contribution is 2.38. The smallest absolute Gasteiger partial charge is 0.339 e. The molecule has 156 valence electrons. The Morgan fingerprint density at radius 2 is 1.97 bits per heavy atom. The molecule has 0 aliphatic rings. The zero-order chi connectivity index (χ0) is 21.9. The SMILES string of the molecule is COc1cccc([C@@H](OC(=O)c2ccc(-n3cncn3)c([N+](=O)[O-])c2)C(C)(C)C)c1. The van der Waals surface area contributed by atoms with E-state index in [1.54, 1.807) is 19.2 Å². The van der Waals surface area contributed by atoms with Gasteiger partial charge in [0.2, 0.25) is 0 Å². The first kappa shape index (κ1) is 21.0. The van der Waals surface area contributed by atoms with E-state index in [4.69, 9.17) is 9.47 Å². The van der Waals surface area contributed by atoms with Gasteiger partial charge in [0.05, 0.1) is 17.6 Å². The van der Waals surface area contributed by atoms with Gasteiger partial charge in [0, 0.05) is 11.5 Å². The first-order chi connectivity index (χ1) is 14.2. The Morgan fingerprint density at radius 3 is 2.57 bits per heavy atom. The van der Waals surface area contributed by atoms with Crippen LogP contribution in [0.25, 0.3) is 5.69 Å². The third-order valence-electron chi connectivity index (χ3n) is 4.48. The molecule has 0 fully saturated rings. The van der Waals surface area contributed by atoms with Crippen LogP contribution < -0.4 is 4.74 Å². The molecule has 3 aromatic rings. The average molecular weight is 410 g/mol. The van der Waals surface area contributed by atoms with E-state index < -0.39 is 22.4 Å². The number of carbonyl (C=O) groups is 1. The van der Waals surface area contributed by atoms with E-state index in [1.807, 2.05) is 32.9 Å². The molecular formula is C21H22N4O5. The molecule has 1 aromatic heterocycles. The van der Waals surface area contributed by atoms with E-state index in [0.29, 0.717) is 5.75 Å². The van der Waals surface area contributed by atoms with Gasteiger partial charge in [-0.15, -0.1) is 0 Å². The maximum Gasteiger partial charge on any atom is 0.339 e. The molecule has 9 heteroatoms. The Kier molecular flexibility index (Phi) is 5.81. The molecule has 0 saturated carbocycles. The predicted octanol–water partition coefficient (Wildman–Crippen LogP) is 4.13. The van der Waals surface area contributed by atoms with Gasteiger partial charge in [-0.25, -0.2) is 14.5 Å². The molecule has 1 heterocycles. The van der Waals surface area contributed by atoms with Gasteiger partial charge in [-0.2, -0.15) is 5.10 Å². The lowest BCUT2D eigenvalue weighted by Gasteiger charge is -2.31. The highest BCUT2D eigenvalue weighted by Gasteiger charge is 2.31. The van der Waals surface area contributed by atoms with Crippen molar-refractivity contribution in [2.75, 3.05) is 7.11 Å². The number of esters is 1. The molecule has 0 aliphatic carbocycles. The van der Waals surface area contributed by atoms with Crippen LogP contribution in [0.2, 0.25) is 0 Å². The second kappa shape index (κ2) is 8.32. The molecule has 0 N–H and O–H groups in total. The van der Waals surface area contributed by atoms with E-state index in [-0.39, 0.29) is 16.9 Å². The van der Waals surface area contributed by atoms with Gasteiger partial charge in [0.15, 0.2) is 0 Å². The maximum atomic E-state index is 12.9. The number of methoxy groups -OCH3 is 1. The number of nitro benzene ring substituents is 1. The molecule has 0 bridgehead atoms. The fourth-order valence-corrected chi connectivity index (χ4v) is 3.05. The summed E-state index contributed by atoms with van der Waals surface area (Å²) < 4.78 is 12.3. The lowest BCUT2D eigenvalue weighted by molar-refractivity contribution is -0.384. The van der Waals surface area contributed by atoms with Gasteiger partial charge in [-0.1, -0.05) is 32.9 Å². The van der Waals surface area contributed by atoms with E-state index in [2.05, 4.69) is 10.1 Å². The van der Waals surface area contributed by atoms with Crippen molar-refractivity contribution in [3.8, 4) is 11.4 Å². The zero-order valence-corrected chi connectivity index (χ0v) is 17.1. The summed E-state index contributed by atoms with van der Waals surface area (Å²) in [6.45, 7) is 5.84. The van der Waals surface area contributed by atoms with E-state index >= 15 is 0 Å². The summed E-state index contributed by atoms with van der Waals surface area (Å²) in [4.78, 5) is 27.7. The molecule has 9 nitrogen and oxygen atoms in total. The lowest BCUT2D eigenvalue weighted by Crippen LogP contribution is -2.24. The normalized spacial score (nSPS) is 12.3. The van der Waals surface area contributed by atoms with Crippen LogP contribution in [0.5, 0.6) is 5.75 Å². The average Bonchev–Trinajstić information content (AvgIpc) is 3.25. The molecule has 0 spiro atoms. The molecule has 0 saturated heterocycles. The van der Waals surface area contributed by atoms with E-state index in [9.17, 15) is 14.9 Å². The molecule has 30 heavy (non-hydrogen) atoms. The monoisotopic (exact) mass is 410 g/mol. The van der Waals surface area contributed by atoms with E-state index in [0.717, 1.165) is 5.56 Å². The first-order valence-corrected chi connectivity index (χ1v) is 9.19. The summed E-state index contributed by atoms with van der Waals surface area (Å²) in [5, 5.41) is 15.5. The fourth-order valence-electron chi connectivity index (χ4n) is 3.05. The molecule has 0 unspecified atom stereocenters. The predicted molar refractivity (Wildman–Crippen MR) is 109 cm³/mol. The van der Waals surface area contributed by atoms with Gasteiger partial charge in [-0.3, -0.25) is 10.1 Å². The molecule has 0 amide bonds. The Balaban J connectivity index is 1.94. The lowest BCUT2D eigenvalue weighted by atomic mass is 9.84. The summed E-state index contributed by atoms with van der Waals surface area (Å²) in [5.74, 6) is -0.0170. The summed E-state index contributed by atoms with van der Waals surface area (Å²) in [7, 11) is 1.56. The number of hydrogen-bond acceptors (Lipinski definition) is 7. The largest absolute Gasteiger partial charge is 0.497 e. The number of hydrogen-bond donors (Lipinski definition) is 0. The molecule has 2 aromatic carbocycles. The van der Waals surface area contributed by atoms with Gasteiger partial charge in [0.1, 0.15) is 30.2 Å². The van der Waals surface area contributed by atoms with Crippen LogP contribution in [0.15, 0.2) is 55.1 Å². The Bertz CT molecular complexity index is 1060. The first-order valence-electron chi connectivity index (χ1n) is 9.19. The number of aromatic nitrogens is 3. The fraction of sp³-hybridized carbons (Fsp3) is 0.286. The number of rotatable bonds is 6. The third-order valence-corrected chi connectivity index (χ3v) is 4.48. The van der Waals surface area contributed by atoms with Crippen molar-refractivity contribution in [2.45, 2.75) is 26.9 Å². The van der Waals surface area contributed by atoms with Crippen LogP contribution in [0.3, 0.4) is 0 Å². The van der Waals surface area contributed by atoms with Crippen molar-refractivity contribution in [1.29, 1.82) is 0 Å². The maximum absolute atomic E-state index is 12.9. The highest BCUT2D eigenvalue weighted by molar-refractivity contribution is 5.91. The van der Waals surface area contributed by atoms with Gasteiger partial charge in [0.25, 0.3) is 5.69 Å². The molecule has 3 rings (SSSR count). The van der Waals surface area contributed by atoms with Crippen molar-refractivity contribution >= 4 is 11.7 Å². The second-order valence-electron chi connectivity index (χ2n) is 7.73. The van der Waals surface area contributed by atoms with Crippen molar-refractivity contribution in [1.82, 2.24) is 14.8 Å². The van der Waals surface area contributed by atoms with Crippen LogP contribution in [0.1, 0.15) is 42.8 Å². The number of nitrogens with zero attached hydrogens (tertiary/aromatic N) is 4. The van der Waals surface area contributed by atoms with Crippen LogP contribution in [-0.4, -0.2) is 32.8 Å². The standard InChI is InChI=1S/C21H22N4O5/c1-21(2,3)19(14-6-5-7-16(10-14)29-4)30-20(26)15-8-9-17(18(11-15)25(27)28)24-13-22-12-23-24/h5-13,19H,1-4H3/t19-/m1/s1. The van der Waals surface area contributed by atoms with Gasteiger partial charge < -0.3 is 9.47 Å². The van der Waals surface area contributed by atoms with Crippen LogP contribution >= 0.6 is 0 Å². The minimum Gasteiger partial charge on any atom is -0.497 e. The molecule has 0 aliphatic heterocycles. The Labute approximate surface area is 173 Å². The Hall–Kier alpha value is -3.75. The van der Waals surface area contributed by atoms with Crippen LogP contribution in [0.4, 0.5) is 5.69 Å². The number of carbonyl (C=O) groups excluding carboxylic acids is 1. The Morgan fingerprint density at radius 1 is 1.20 bits per heavy atom. The van der Waals surface area contributed by atoms with E-state index in [1.165, 1.54) is 35.5 Å². The minimum absolute atomic E-state index is 0.0720. The molecular weight excluding hydrogens is 388 g/mol. The number of ether oxygens (including phenoxy) is 2. The highest BCUT2D eigenvalue weighted by atomic mass is 16.6. The molecule has 0 radical (unpaired) electrons. The van der Waals surface area contributed by atoms with Crippen LogP contribution in [-0.2, 0) is 4.74 Å². The zero-order valence-electron chi connectivity index (χ0n) is 17.1. The molecule has 1 atom stereocenters. The summed E-state index contributed by atoms with van der Waals surface area (Å²) in [6.07, 6.45) is 2.03. The van der Waals surface area contributed by atoms with Crippen molar-refractivity contribution in [2.24, 2.45) is 5.41 Å². The number of nitro groups is 1. The number of benzene rings is 2. The minimum atomic E-state index is -0.661. The quantitative estimate of drug-likeness (QED) is 0.341. The summed E-state index contributed by atoms with van der Waals surface area (Å²) in [5.41, 5.74) is 0.346. The third kappa shape index (κ3) is 4.45. The topological polar surface area (TPSA) is 109 Å². The van der Waals surface area contributed by atoms with Crippen LogP contribution in [0, 0.1) is 15.5 Å². The van der Waals surface area contributed by atoms with Crippen molar-refractivity contribution in [3.63, 3.8) is 0 Å². The van der Waals surface area contributed by atoms with Crippen molar-refractivity contribution in [3.05, 3.63) is 76.4 Å². The van der Waals surface area contributed by atoms with Gasteiger partial charge >= 0.3 is 5.97 Å². The van der Waals surface area contributed by atoms with Crippen molar-refractivity contribution < 1.29 is 19.2 Å². The summed E-state index contributed by atoms with van der Waals surface area (Å²) >= 11 is 0. The van der Waals surface area contributed by atoms with Gasteiger partial charge in [-0.05, 0) is 29.8 Å².